The molecule has 0 aromatic carbocycles. The molecule has 0 aliphatic heterocycles. The van der Waals surface area contributed by atoms with Crippen molar-refractivity contribution in [2.75, 3.05) is 21.3 Å². The summed E-state index contributed by atoms with van der Waals surface area (Å²) in [5, 5.41) is 21.0. The van der Waals surface area contributed by atoms with Crippen LogP contribution in [0.3, 0.4) is 0 Å². The Morgan fingerprint density at radius 1 is 0.824 bits per heavy atom. The van der Waals surface area contributed by atoms with Crippen molar-refractivity contribution in [3.63, 3.8) is 0 Å². The molecule has 0 saturated carbocycles. The van der Waals surface area contributed by atoms with Crippen LogP contribution in [0.5, 0.6) is 0 Å². The third-order valence-electron chi connectivity index (χ3n) is 1.66. The fourth-order valence-corrected chi connectivity index (χ4v) is 0.996. The molecule has 0 radical (unpaired) electrons. The summed E-state index contributed by atoms with van der Waals surface area (Å²) < 4.78 is 0. The van der Waals surface area contributed by atoms with Crippen molar-refractivity contribution in [3.05, 3.63) is 19.6 Å². The second-order valence-electron chi connectivity index (χ2n) is 2.70. The van der Waals surface area contributed by atoms with E-state index in [1.165, 1.54) is 38.5 Å². The molecule has 0 fully saturated rings. The molecular weight excluding hydrogens is 252 g/mol. The monoisotopic (exact) mass is 283 g/mol. The zero-order chi connectivity index (χ0) is 13.7. The Labute approximate surface area is 123 Å². The van der Waals surface area contributed by atoms with Crippen molar-refractivity contribution >= 4 is 0 Å². The zero-order valence-electron chi connectivity index (χ0n) is 11.8. The maximum absolute atomic E-state index is 7.00. The molecular formula is C13H31O3Ti-. The number of unbranched alkanes of at least 4 members (excludes halogenated alkanes) is 6. The first-order chi connectivity index (χ1) is 7.91. The van der Waals surface area contributed by atoms with Crippen LogP contribution in [0.2, 0.25) is 0 Å². The molecule has 17 heavy (non-hydrogen) atoms. The second kappa shape index (κ2) is 55.3. The molecule has 0 saturated heterocycles. The molecule has 3 nitrogen and oxygen atoms in total. The van der Waals surface area contributed by atoms with Crippen LogP contribution in [-0.2, 0) is 21.7 Å². The van der Waals surface area contributed by atoms with Gasteiger partial charge in [-0.3, -0.25) is 0 Å². The summed E-state index contributed by atoms with van der Waals surface area (Å²) >= 11 is 0. The minimum Gasteiger partial charge on any atom is -0.400 e. The van der Waals surface area contributed by atoms with Gasteiger partial charge in [-0.1, -0.05) is 31.8 Å². The van der Waals surface area contributed by atoms with Crippen LogP contribution in [0.15, 0.2) is 12.7 Å². The Morgan fingerprint density at radius 2 is 1.18 bits per heavy atom. The molecule has 0 bridgehead atoms. The van der Waals surface area contributed by atoms with Gasteiger partial charge in [-0.25, -0.2) is 0 Å². The smallest absolute Gasteiger partial charge is 0.0319 e. The van der Waals surface area contributed by atoms with E-state index >= 15 is 0 Å². The van der Waals surface area contributed by atoms with Crippen molar-refractivity contribution in [1.29, 1.82) is 0 Å². The van der Waals surface area contributed by atoms with Crippen LogP contribution < -0.4 is 0 Å². The zero-order valence-corrected chi connectivity index (χ0v) is 13.3. The fourth-order valence-electron chi connectivity index (χ4n) is 0.996. The van der Waals surface area contributed by atoms with Gasteiger partial charge in [-0.05, 0) is 12.8 Å². The van der Waals surface area contributed by atoms with Crippen LogP contribution in [-0.4, -0.2) is 36.6 Å². The topological polar surface area (TPSA) is 60.7 Å². The van der Waals surface area contributed by atoms with Gasteiger partial charge in [-0.15, -0.1) is 6.58 Å². The standard InChI is InChI=1S/C10H19.3CH4O.Ti/c1-3-5-7-9-10-8-6-4-2;3*1-2;/h3H,1-2,4-10H2;3*2H,1H3;/q-1;;;;. The largest absolute Gasteiger partial charge is 0.400 e. The maximum Gasteiger partial charge on any atom is 0.0319 e. The first kappa shape index (κ1) is 30.4. The maximum atomic E-state index is 7.00. The summed E-state index contributed by atoms with van der Waals surface area (Å²) in [6, 6.07) is 0. The van der Waals surface area contributed by atoms with Crippen LogP contribution in [0, 0.1) is 6.92 Å². The van der Waals surface area contributed by atoms with Crippen LogP contribution >= 0.6 is 0 Å². The van der Waals surface area contributed by atoms with Gasteiger partial charge < -0.3 is 22.2 Å². The van der Waals surface area contributed by atoms with Gasteiger partial charge in [0.25, 0.3) is 0 Å². The van der Waals surface area contributed by atoms with E-state index in [0.29, 0.717) is 0 Å². The second-order valence-corrected chi connectivity index (χ2v) is 2.70. The molecule has 0 aromatic rings. The van der Waals surface area contributed by atoms with Gasteiger partial charge in [0, 0.05) is 43.0 Å². The third-order valence-corrected chi connectivity index (χ3v) is 1.66. The van der Waals surface area contributed by atoms with E-state index in [4.69, 9.17) is 15.3 Å². The van der Waals surface area contributed by atoms with Crippen LogP contribution in [0.4, 0.5) is 0 Å². The summed E-state index contributed by atoms with van der Waals surface area (Å²) in [4.78, 5) is 0. The number of aliphatic hydroxyl groups excluding tert-OH is 3. The van der Waals surface area contributed by atoms with E-state index in [-0.39, 0.29) is 21.7 Å². The van der Waals surface area contributed by atoms with E-state index < -0.39 is 0 Å². The molecule has 4 heteroatoms. The first-order valence-electron chi connectivity index (χ1n) is 5.66. The molecule has 0 amide bonds. The van der Waals surface area contributed by atoms with Crippen LogP contribution in [0.1, 0.15) is 44.9 Å². The number of aliphatic hydroxyl groups is 3. The van der Waals surface area contributed by atoms with E-state index in [1.807, 2.05) is 6.08 Å². The normalized spacial score (nSPS) is 6.76. The average molecular weight is 283 g/mol. The van der Waals surface area contributed by atoms with Crippen molar-refractivity contribution < 1.29 is 37.0 Å². The molecule has 3 N–H and O–H groups in total. The molecule has 0 unspecified atom stereocenters. The van der Waals surface area contributed by atoms with Crippen molar-refractivity contribution in [3.8, 4) is 0 Å². The summed E-state index contributed by atoms with van der Waals surface area (Å²) in [5.74, 6) is 0. The summed E-state index contributed by atoms with van der Waals surface area (Å²) in [6.07, 6.45) is 11.0. The summed E-state index contributed by atoms with van der Waals surface area (Å²) in [5.41, 5.74) is 0. The molecule has 0 rings (SSSR count). The van der Waals surface area contributed by atoms with Crippen LogP contribution in [0.25, 0.3) is 0 Å². The average Bonchev–Trinajstić information content (AvgIpc) is 2.41. The molecule has 0 atom stereocenters. The Bertz CT molecular complexity index is 81.1. The SMILES string of the molecule is C=CCCCCCCC[CH2-].CO.CO.CO.[Ti]. The van der Waals surface area contributed by atoms with Gasteiger partial charge in [0.15, 0.2) is 0 Å². The van der Waals surface area contributed by atoms with E-state index in [0.717, 1.165) is 27.8 Å². The predicted molar refractivity (Wildman–Crippen MR) is 72.3 cm³/mol. The van der Waals surface area contributed by atoms with Gasteiger partial charge in [0.2, 0.25) is 0 Å². The molecule has 0 aromatic heterocycles. The van der Waals surface area contributed by atoms with Crippen molar-refractivity contribution in [2.24, 2.45) is 0 Å². The Balaban J connectivity index is -0.0000000594. The third kappa shape index (κ3) is 62.4. The summed E-state index contributed by atoms with van der Waals surface area (Å²) in [6.45, 7) is 7.49. The molecule has 0 spiro atoms. The van der Waals surface area contributed by atoms with Gasteiger partial charge in [0.05, 0.1) is 0 Å². The number of hydrogen-bond donors (Lipinski definition) is 3. The first-order valence-corrected chi connectivity index (χ1v) is 5.66. The van der Waals surface area contributed by atoms with Crippen molar-refractivity contribution in [2.45, 2.75) is 44.9 Å². The van der Waals surface area contributed by atoms with Gasteiger partial charge >= 0.3 is 0 Å². The Morgan fingerprint density at radius 3 is 1.53 bits per heavy atom. The molecule has 0 aliphatic rings. The van der Waals surface area contributed by atoms with Gasteiger partial charge in [-0.2, -0.15) is 6.42 Å². The summed E-state index contributed by atoms with van der Waals surface area (Å²) in [7, 11) is 3.00. The Kier molecular flexibility index (Phi) is 98.9. The quantitative estimate of drug-likeness (QED) is 0.291. The molecule has 106 valence electrons. The Hall–Kier alpha value is 0.334. The molecule has 0 aliphatic carbocycles. The minimum absolute atomic E-state index is 0. The van der Waals surface area contributed by atoms with E-state index in [2.05, 4.69) is 13.5 Å². The number of hydrogen-bond acceptors (Lipinski definition) is 3. The predicted octanol–water partition coefficient (Wildman–Crippen LogP) is 2.56. The van der Waals surface area contributed by atoms with E-state index in [1.54, 1.807) is 0 Å². The van der Waals surface area contributed by atoms with Crippen molar-refractivity contribution in [1.82, 2.24) is 0 Å². The minimum atomic E-state index is 0. The number of rotatable bonds is 7. The molecule has 0 heterocycles. The van der Waals surface area contributed by atoms with Gasteiger partial charge in [0.1, 0.15) is 0 Å². The number of allylic oxidation sites excluding steroid dienone is 1. The fraction of sp³-hybridized carbons (Fsp3) is 0.769. The van der Waals surface area contributed by atoms with E-state index in [9.17, 15) is 0 Å².